The third-order valence-electron chi connectivity index (χ3n) is 4.60. The molecule has 0 amide bonds. The number of hydrogen-bond donors (Lipinski definition) is 2. The molecule has 1 saturated heterocycles. The maximum Gasteiger partial charge on any atom is 0.247 e. The summed E-state index contributed by atoms with van der Waals surface area (Å²) in [6.45, 7) is 7.02. The van der Waals surface area contributed by atoms with E-state index in [0.717, 1.165) is 26.2 Å². The van der Waals surface area contributed by atoms with Crippen molar-refractivity contribution in [2.24, 2.45) is 0 Å². The number of hydrogen-bond acceptors (Lipinski definition) is 8. The normalized spacial score (nSPS) is 17.5. The third-order valence-corrected chi connectivity index (χ3v) is 5.42. The lowest BCUT2D eigenvalue weighted by Crippen LogP contribution is -2.51. The summed E-state index contributed by atoms with van der Waals surface area (Å²) >= 11 is 12.3. The second-order valence-corrected chi connectivity index (χ2v) is 7.54. The lowest BCUT2D eigenvalue weighted by molar-refractivity contribution is -0.0751. The molecule has 2 atom stereocenters. The summed E-state index contributed by atoms with van der Waals surface area (Å²) in [5.74, 6) is 0.738. The Kier molecular flexibility index (Phi) is 6.90. The van der Waals surface area contributed by atoms with Gasteiger partial charge < -0.3 is 20.5 Å². The van der Waals surface area contributed by atoms with Crippen LogP contribution in [-0.4, -0.2) is 70.3 Å². The summed E-state index contributed by atoms with van der Waals surface area (Å²) < 4.78 is 5.66. The van der Waals surface area contributed by atoms with Crippen molar-refractivity contribution < 1.29 is 9.84 Å². The first-order chi connectivity index (χ1) is 13.4. The standard InChI is InChI=1S/C18H24Cl2N6O2/c1-11(27)10-28-12(2)25-6-8-26(9-7-25)18-22-17(21)16(23-24-18)13-4-3-5-14(19)15(13)20/h3-5,11-12,27H,6-10H2,1-2H3,(H2,21,22,24). The number of aliphatic hydroxyl groups excluding tert-OH is 1. The molecule has 0 bridgehead atoms. The second kappa shape index (κ2) is 9.19. The first kappa shape index (κ1) is 21.0. The molecule has 0 saturated carbocycles. The highest BCUT2D eigenvalue weighted by Gasteiger charge is 2.24. The second-order valence-electron chi connectivity index (χ2n) is 6.75. The van der Waals surface area contributed by atoms with Gasteiger partial charge in [-0.05, 0) is 19.9 Å². The van der Waals surface area contributed by atoms with Crippen LogP contribution >= 0.6 is 23.2 Å². The zero-order chi connectivity index (χ0) is 20.3. The smallest absolute Gasteiger partial charge is 0.247 e. The van der Waals surface area contributed by atoms with Crippen LogP contribution in [0.25, 0.3) is 11.3 Å². The zero-order valence-corrected chi connectivity index (χ0v) is 17.4. The fourth-order valence-electron chi connectivity index (χ4n) is 3.01. The van der Waals surface area contributed by atoms with Gasteiger partial charge in [-0.15, -0.1) is 10.2 Å². The first-order valence-corrected chi connectivity index (χ1v) is 9.85. The van der Waals surface area contributed by atoms with Crippen LogP contribution in [0.5, 0.6) is 0 Å². The Hall–Kier alpha value is -1.71. The maximum absolute atomic E-state index is 9.35. The molecule has 3 rings (SSSR count). The van der Waals surface area contributed by atoms with E-state index in [-0.39, 0.29) is 12.0 Å². The first-order valence-electron chi connectivity index (χ1n) is 9.10. The van der Waals surface area contributed by atoms with Crippen LogP contribution in [0.3, 0.4) is 0 Å². The van der Waals surface area contributed by atoms with E-state index in [2.05, 4.69) is 20.1 Å². The molecule has 1 aliphatic rings. The average molecular weight is 427 g/mol. The van der Waals surface area contributed by atoms with Crippen LogP contribution in [0.2, 0.25) is 10.0 Å². The van der Waals surface area contributed by atoms with Gasteiger partial charge in [0.15, 0.2) is 5.82 Å². The number of halogens is 2. The van der Waals surface area contributed by atoms with Crippen LogP contribution in [0.15, 0.2) is 18.2 Å². The Morgan fingerprint density at radius 2 is 1.89 bits per heavy atom. The zero-order valence-electron chi connectivity index (χ0n) is 15.8. The van der Waals surface area contributed by atoms with Crippen molar-refractivity contribution in [3.05, 3.63) is 28.2 Å². The lowest BCUT2D eigenvalue weighted by Gasteiger charge is -2.37. The number of nitrogens with two attached hydrogens (primary N) is 1. The number of benzene rings is 1. The van der Waals surface area contributed by atoms with E-state index >= 15 is 0 Å². The summed E-state index contributed by atoms with van der Waals surface area (Å²) in [6.07, 6.45) is -0.536. The van der Waals surface area contributed by atoms with Gasteiger partial charge in [-0.1, -0.05) is 35.3 Å². The van der Waals surface area contributed by atoms with Crippen molar-refractivity contribution in [3.63, 3.8) is 0 Å². The lowest BCUT2D eigenvalue weighted by atomic mass is 10.1. The van der Waals surface area contributed by atoms with Gasteiger partial charge in [-0.3, -0.25) is 4.90 Å². The van der Waals surface area contributed by atoms with E-state index in [4.69, 9.17) is 33.7 Å². The topological polar surface area (TPSA) is 101 Å². The van der Waals surface area contributed by atoms with Crippen molar-refractivity contribution in [1.82, 2.24) is 20.1 Å². The van der Waals surface area contributed by atoms with Gasteiger partial charge in [0, 0.05) is 31.7 Å². The molecule has 2 unspecified atom stereocenters. The van der Waals surface area contributed by atoms with Gasteiger partial charge in [-0.25, -0.2) is 0 Å². The third kappa shape index (κ3) is 4.82. The number of nitrogen functional groups attached to an aromatic ring is 1. The number of anilines is 2. The molecule has 28 heavy (non-hydrogen) atoms. The fourth-order valence-corrected chi connectivity index (χ4v) is 3.40. The molecule has 10 heteroatoms. The number of aromatic nitrogens is 3. The van der Waals surface area contributed by atoms with E-state index in [9.17, 15) is 5.11 Å². The molecule has 1 aromatic heterocycles. The molecule has 1 aromatic carbocycles. The van der Waals surface area contributed by atoms with Gasteiger partial charge in [0.05, 0.1) is 22.8 Å². The maximum atomic E-state index is 9.35. The molecule has 0 spiro atoms. The predicted molar refractivity (Wildman–Crippen MR) is 111 cm³/mol. The van der Waals surface area contributed by atoms with Crippen molar-refractivity contribution in [2.45, 2.75) is 26.2 Å². The van der Waals surface area contributed by atoms with Crippen molar-refractivity contribution in [1.29, 1.82) is 0 Å². The van der Waals surface area contributed by atoms with E-state index < -0.39 is 6.10 Å². The van der Waals surface area contributed by atoms with Crippen molar-refractivity contribution in [3.8, 4) is 11.3 Å². The Labute approximate surface area is 174 Å². The molecule has 2 aromatic rings. The predicted octanol–water partition coefficient (Wildman–Crippen LogP) is 2.29. The van der Waals surface area contributed by atoms with E-state index in [1.807, 2.05) is 11.8 Å². The fraction of sp³-hybridized carbons (Fsp3) is 0.500. The van der Waals surface area contributed by atoms with Crippen LogP contribution in [0.1, 0.15) is 13.8 Å². The summed E-state index contributed by atoms with van der Waals surface area (Å²) in [5, 5.41) is 18.6. The van der Waals surface area contributed by atoms with E-state index in [1.165, 1.54) is 0 Å². The minimum Gasteiger partial charge on any atom is -0.391 e. The molecular weight excluding hydrogens is 403 g/mol. The minimum absolute atomic E-state index is 0.0618. The molecule has 3 N–H and O–H groups in total. The summed E-state index contributed by atoms with van der Waals surface area (Å²) in [6, 6.07) is 5.26. The van der Waals surface area contributed by atoms with E-state index in [0.29, 0.717) is 33.9 Å². The highest BCUT2D eigenvalue weighted by molar-refractivity contribution is 6.43. The number of piperazine rings is 1. The molecule has 8 nitrogen and oxygen atoms in total. The van der Waals surface area contributed by atoms with Crippen LogP contribution < -0.4 is 10.6 Å². The summed E-state index contributed by atoms with van der Waals surface area (Å²) in [5.41, 5.74) is 7.14. The molecule has 2 heterocycles. The highest BCUT2D eigenvalue weighted by atomic mass is 35.5. The Balaban J connectivity index is 1.66. The number of nitrogens with zero attached hydrogens (tertiary/aromatic N) is 5. The Morgan fingerprint density at radius 3 is 2.54 bits per heavy atom. The largest absolute Gasteiger partial charge is 0.391 e. The molecule has 0 radical (unpaired) electrons. The average Bonchev–Trinajstić information content (AvgIpc) is 2.68. The minimum atomic E-state index is -0.474. The van der Waals surface area contributed by atoms with Crippen molar-refractivity contribution in [2.75, 3.05) is 43.4 Å². The summed E-state index contributed by atoms with van der Waals surface area (Å²) in [7, 11) is 0. The number of ether oxygens (including phenoxy) is 1. The molecule has 152 valence electrons. The van der Waals surface area contributed by atoms with Crippen LogP contribution in [-0.2, 0) is 4.74 Å². The molecule has 1 aliphatic heterocycles. The molecule has 1 fully saturated rings. The van der Waals surface area contributed by atoms with Gasteiger partial charge in [-0.2, -0.15) is 4.98 Å². The molecular formula is C18H24Cl2N6O2. The van der Waals surface area contributed by atoms with Gasteiger partial charge in [0.2, 0.25) is 5.95 Å². The number of aliphatic hydroxyl groups is 1. The van der Waals surface area contributed by atoms with Gasteiger partial charge >= 0.3 is 0 Å². The van der Waals surface area contributed by atoms with Gasteiger partial charge in [0.1, 0.15) is 11.9 Å². The Morgan fingerprint density at radius 1 is 1.18 bits per heavy atom. The summed E-state index contributed by atoms with van der Waals surface area (Å²) in [4.78, 5) is 8.66. The SMILES string of the molecule is CC(O)COC(C)N1CCN(c2nnc(-c3cccc(Cl)c3Cl)c(N)n2)CC1. The quantitative estimate of drug-likeness (QED) is 0.725. The van der Waals surface area contributed by atoms with Gasteiger partial charge in [0.25, 0.3) is 0 Å². The Bertz CT molecular complexity index is 815. The number of rotatable bonds is 6. The molecule has 0 aliphatic carbocycles. The van der Waals surface area contributed by atoms with Crippen LogP contribution in [0.4, 0.5) is 11.8 Å². The van der Waals surface area contributed by atoms with E-state index in [1.54, 1.807) is 25.1 Å². The van der Waals surface area contributed by atoms with Crippen molar-refractivity contribution >= 4 is 35.0 Å². The highest BCUT2D eigenvalue weighted by Crippen LogP contribution is 2.34. The van der Waals surface area contributed by atoms with Crippen LogP contribution in [0, 0.1) is 0 Å². The monoisotopic (exact) mass is 426 g/mol.